The predicted octanol–water partition coefficient (Wildman–Crippen LogP) is 0.230. The average Bonchev–Trinajstić information content (AvgIpc) is 2.27. The van der Waals surface area contributed by atoms with Crippen LogP contribution in [-0.4, -0.2) is 26.0 Å². The summed E-state index contributed by atoms with van der Waals surface area (Å²) in [5.41, 5.74) is 0.646. The van der Waals surface area contributed by atoms with Crippen LogP contribution in [0.15, 0.2) is 23.1 Å². The molecule has 0 saturated heterocycles. The van der Waals surface area contributed by atoms with E-state index < -0.39 is 22.5 Å². The first-order chi connectivity index (χ1) is 7.86. The van der Waals surface area contributed by atoms with E-state index in [1.165, 1.54) is 18.2 Å². The number of nitrogens with one attached hydrogen (secondary N) is 1. The van der Waals surface area contributed by atoms with Crippen molar-refractivity contribution in [1.82, 2.24) is 4.72 Å². The van der Waals surface area contributed by atoms with Crippen molar-refractivity contribution in [2.75, 3.05) is 6.54 Å². The molecule has 0 spiro atoms. The average molecular weight is 254 g/mol. The molecular formula is C10H10N2O4S. The fourth-order valence-electron chi connectivity index (χ4n) is 1.19. The SMILES string of the molecule is Cc1ccc(C#N)cc1S(=O)(=O)NCC(=O)O. The molecule has 0 saturated carbocycles. The number of sulfonamides is 1. The zero-order valence-corrected chi connectivity index (χ0v) is 9.78. The Bertz CT molecular complexity index is 587. The number of nitrogens with zero attached hydrogens (tertiary/aromatic N) is 1. The van der Waals surface area contributed by atoms with Crippen LogP contribution in [-0.2, 0) is 14.8 Å². The monoisotopic (exact) mass is 254 g/mol. The van der Waals surface area contributed by atoms with Crippen LogP contribution < -0.4 is 4.72 Å². The van der Waals surface area contributed by atoms with Gasteiger partial charge in [-0.3, -0.25) is 4.79 Å². The quantitative estimate of drug-likeness (QED) is 0.799. The molecule has 1 aromatic rings. The van der Waals surface area contributed by atoms with E-state index in [1.807, 2.05) is 10.8 Å². The van der Waals surface area contributed by atoms with Crippen LogP contribution in [0.5, 0.6) is 0 Å². The first-order valence-corrected chi connectivity index (χ1v) is 6.07. The number of nitriles is 1. The van der Waals surface area contributed by atoms with E-state index in [4.69, 9.17) is 10.4 Å². The van der Waals surface area contributed by atoms with Crippen LogP contribution in [0.2, 0.25) is 0 Å². The number of carboxylic acid groups (broad SMARTS) is 1. The van der Waals surface area contributed by atoms with Gasteiger partial charge in [0, 0.05) is 0 Å². The summed E-state index contributed by atoms with van der Waals surface area (Å²) in [5.74, 6) is -1.28. The van der Waals surface area contributed by atoms with Crippen molar-refractivity contribution in [3.63, 3.8) is 0 Å². The second kappa shape index (κ2) is 4.95. The lowest BCUT2D eigenvalue weighted by Crippen LogP contribution is -2.29. The number of aliphatic carboxylic acids is 1. The molecule has 0 aromatic heterocycles. The van der Waals surface area contributed by atoms with Gasteiger partial charge < -0.3 is 5.11 Å². The molecule has 0 atom stereocenters. The Morgan fingerprint density at radius 1 is 1.53 bits per heavy atom. The Labute approximate surface area is 98.6 Å². The number of carboxylic acids is 1. The molecule has 0 aliphatic heterocycles. The molecule has 0 bridgehead atoms. The standard InChI is InChI=1S/C10H10N2O4S/c1-7-2-3-8(5-11)4-9(7)17(15,16)12-6-10(13)14/h2-4,12H,6H2,1H3,(H,13,14). The highest BCUT2D eigenvalue weighted by molar-refractivity contribution is 7.89. The molecule has 0 aliphatic rings. The van der Waals surface area contributed by atoms with Gasteiger partial charge in [0.25, 0.3) is 0 Å². The third-order valence-corrected chi connectivity index (χ3v) is 3.56. The molecular weight excluding hydrogens is 244 g/mol. The van der Waals surface area contributed by atoms with Gasteiger partial charge in [0.05, 0.1) is 16.5 Å². The van der Waals surface area contributed by atoms with Crippen molar-refractivity contribution in [1.29, 1.82) is 5.26 Å². The summed E-state index contributed by atoms with van der Waals surface area (Å²) in [7, 11) is -3.90. The second-order valence-corrected chi connectivity index (χ2v) is 5.05. The molecule has 0 heterocycles. The number of rotatable bonds is 4. The lowest BCUT2D eigenvalue weighted by Gasteiger charge is -2.07. The minimum atomic E-state index is -3.90. The van der Waals surface area contributed by atoms with E-state index in [2.05, 4.69) is 0 Å². The van der Waals surface area contributed by atoms with Gasteiger partial charge >= 0.3 is 5.97 Å². The van der Waals surface area contributed by atoms with Gasteiger partial charge in [-0.15, -0.1) is 0 Å². The third-order valence-electron chi connectivity index (χ3n) is 2.02. The number of benzene rings is 1. The van der Waals surface area contributed by atoms with E-state index in [-0.39, 0.29) is 10.5 Å². The summed E-state index contributed by atoms with van der Waals surface area (Å²) in [5, 5.41) is 17.1. The molecule has 17 heavy (non-hydrogen) atoms. The maximum absolute atomic E-state index is 11.7. The number of hydrogen-bond acceptors (Lipinski definition) is 4. The third kappa shape index (κ3) is 3.27. The predicted molar refractivity (Wildman–Crippen MR) is 58.7 cm³/mol. The van der Waals surface area contributed by atoms with Crippen molar-refractivity contribution in [3.05, 3.63) is 29.3 Å². The van der Waals surface area contributed by atoms with Gasteiger partial charge in [0.1, 0.15) is 6.54 Å². The van der Waals surface area contributed by atoms with Crippen LogP contribution in [0.4, 0.5) is 0 Å². The van der Waals surface area contributed by atoms with Crippen LogP contribution in [0, 0.1) is 18.3 Å². The molecule has 1 aromatic carbocycles. The fourth-order valence-corrected chi connectivity index (χ4v) is 2.44. The van der Waals surface area contributed by atoms with E-state index in [9.17, 15) is 13.2 Å². The van der Waals surface area contributed by atoms with Crippen molar-refractivity contribution < 1.29 is 18.3 Å². The van der Waals surface area contributed by atoms with Gasteiger partial charge in [-0.05, 0) is 24.6 Å². The largest absolute Gasteiger partial charge is 0.480 e. The van der Waals surface area contributed by atoms with E-state index >= 15 is 0 Å². The van der Waals surface area contributed by atoms with E-state index in [0.29, 0.717) is 5.56 Å². The van der Waals surface area contributed by atoms with Crippen molar-refractivity contribution >= 4 is 16.0 Å². The van der Waals surface area contributed by atoms with E-state index in [0.717, 1.165) is 0 Å². The van der Waals surface area contributed by atoms with Gasteiger partial charge in [-0.1, -0.05) is 6.07 Å². The van der Waals surface area contributed by atoms with Gasteiger partial charge in [0.2, 0.25) is 10.0 Å². The van der Waals surface area contributed by atoms with Crippen LogP contribution in [0.25, 0.3) is 0 Å². The molecule has 6 nitrogen and oxygen atoms in total. The second-order valence-electron chi connectivity index (χ2n) is 3.31. The highest BCUT2D eigenvalue weighted by atomic mass is 32.2. The summed E-state index contributed by atoms with van der Waals surface area (Å²) >= 11 is 0. The van der Waals surface area contributed by atoms with E-state index in [1.54, 1.807) is 6.92 Å². The van der Waals surface area contributed by atoms with Crippen LogP contribution >= 0.6 is 0 Å². The normalized spacial score (nSPS) is 10.8. The minimum Gasteiger partial charge on any atom is -0.480 e. The van der Waals surface area contributed by atoms with Crippen molar-refractivity contribution in [3.8, 4) is 6.07 Å². The molecule has 0 fully saturated rings. The fraction of sp³-hybridized carbons (Fsp3) is 0.200. The molecule has 7 heteroatoms. The van der Waals surface area contributed by atoms with Crippen molar-refractivity contribution in [2.45, 2.75) is 11.8 Å². The van der Waals surface area contributed by atoms with Crippen LogP contribution in [0.3, 0.4) is 0 Å². The van der Waals surface area contributed by atoms with Gasteiger partial charge in [-0.2, -0.15) is 9.98 Å². The summed E-state index contributed by atoms with van der Waals surface area (Å²) < 4.78 is 25.4. The Kier molecular flexibility index (Phi) is 3.83. The molecule has 0 unspecified atom stereocenters. The highest BCUT2D eigenvalue weighted by Gasteiger charge is 2.18. The van der Waals surface area contributed by atoms with Gasteiger partial charge in [0.15, 0.2) is 0 Å². The lowest BCUT2D eigenvalue weighted by molar-refractivity contribution is -0.135. The smallest absolute Gasteiger partial charge is 0.318 e. The number of carbonyl (C=O) groups is 1. The number of hydrogen-bond donors (Lipinski definition) is 2. The van der Waals surface area contributed by atoms with Crippen LogP contribution in [0.1, 0.15) is 11.1 Å². The molecule has 0 radical (unpaired) electrons. The Hall–Kier alpha value is -1.91. The molecule has 90 valence electrons. The van der Waals surface area contributed by atoms with Crippen molar-refractivity contribution in [2.24, 2.45) is 0 Å². The first-order valence-electron chi connectivity index (χ1n) is 4.59. The summed E-state index contributed by atoms with van der Waals surface area (Å²) in [4.78, 5) is 10.2. The summed E-state index contributed by atoms with van der Waals surface area (Å²) in [6.07, 6.45) is 0. The molecule has 0 amide bonds. The maximum atomic E-state index is 11.7. The van der Waals surface area contributed by atoms with Gasteiger partial charge in [-0.25, -0.2) is 8.42 Å². The lowest BCUT2D eigenvalue weighted by atomic mass is 10.2. The first kappa shape index (κ1) is 13.2. The zero-order chi connectivity index (χ0) is 13.1. The molecule has 0 aliphatic carbocycles. The minimum absolute atomic E-state index is 0.0854. The Morgan fingerprint density at radius 2 is 2.18 bits per heavy atom. The summed E-state index contributed by atoms with van der Waals surface area (Å²) in [6, 6.07) is 6.02. The molecule has 2 N–H and O–H groups in total. The zero-order valence-electron chi connectivity index (χ0n) is 8.97. The number of aryl methyl sites for hydroxylation is 1. The highest BCUT2D eigenvalue weighted by Crippen LogP contribution is 2.16. The molecule has 1 rings (SSSR count). The topological polar surface area (TPSA) is 107 Å². The Balaban J connectivity index is 3.15. The Morgan fingerprint density at radius 3 is 2.71 bits per heavy atom. The maximum Gasteiger partial charge on any atom is 0.318 e. The summed E-state index contributed by atoms with van der Waals surface area (Å²) in [6.45, 7) is 0.870.